The molecule has 1 aliphatic rings. The van der Waals surface area contributed by atoms with Crippen molar-refractivity contribution in [1.82, 2.24) is 25.1 Å². The number of Topliss-reactive ketones (excluding diaryl/α,β-unsaturated/α-hetero) is 1. The molecule has 0 saturated carbocycles. The molecule has 1 N–H and O–H groups in total. The van der Waals surface area contributed by atoms with E-state index in [1.807, 2.05) is 54.6 Å². The average molecular weight is 568 g/mol. The molecule has 0 radical (unpaired) electrons. The van der Waals surface area contributed by atoms with Crippen LogP contribution in [0.5, 0.6) is 0 Å². The monoisotopic (exact) mass is 567 g/mol. The van der Waals surface area contributed by atoms with E-state index in [2.05, 4.69) is 37.0 Å². The molecular formula is C30H20F3N7O2. The first-order valence-corrected chi connectivity index (χ1v) is 12.7. The number of halogens is 3. The number of hydrogen-bond acceptors (Lipinski definition) is 9. The standard InChI is InChI=1S/C30H20F3N7O2/c1-2-24-34-14-19(15-35-24)22-13-20(30(31,32)33)16-36-26(22)28-39-40-29(42-28)38-27-23(41)12-18-10-6-7-11-21(18)25(37-27)17-8-4-3-5-9-17/h2-11,13-16,27H,1,12H2,(H,38,40). The normalized spacial score (nSPS) is 15.0. The molecule has 0 aliphatic carbocycles. The molecule has 12 heteroatoms. The molecule has 9 nitrogen and oxygen atoms in total. The van der Waals surface area contributed by atoms with Crippen molar-refractivity contribution in [3.63, 3.8) is 0 Å². The van der Waals surface area contributed by atoms with Crippen LogP contribution in [0, 0.1) is 0 Å². The Morgan fingerprint density at radius 2 is 1.64 bits per heavy atom. The minimum Gasteiger partial charge on any atom is -0.402 e. The highest BCUT2D eigenvalue weighted by Gasteiger charge is 2.33. The van der Waals surface area contributed by atoms with Gasteiger partial charge in [-0.3, -0.25) is 9.79 Å². The van der Waals surface area contributed by atoms with Gasteiger partial charge in [-0.1, -0.05) is 66.3 Å². The van der Waals surface area contributed by atoms with Gasteiger partial charge in [0.25, 0.3) is 5.89 Å². The van der Waals surface area contributed by atoms with Gasteiger partial charge in [0.1, 0.15) is 5.69 Å². The topological polar surface area (TPSA) is 119 Å². The molecule has 2 aromatic carbocycles. The van der Waals surface area contributed by atoms with Crippen LogP contribution in [0.25, 0.3) is 28.8 Å². The van der Waals surface area contributed by atoms with E-state index in [0.29, 0.717) is 17.7 Å². The van der Waals surface area contributed by atoms with Crippen LogP contribution in [0.2, 0.25) is 0 Å². The van der Waals surface area contributed by atoms with E-state index in [-0.39, 0.29) is 40.9 Å². The van der Waals surface area contributed by atoms with Crippen molar-refractivity contribution in [1.29, 1.82) is 0 Å². The highest BCUT2D eigenvalue weighted by atomic mass is 19.4. The van der Waals surface area contributed by atoms with Crippen molar-refractivity contribution >= 4 is 23.6 Å². The molecule has 0 bridgehead atoms. The van der Waals surface area contributed by atoms with E-state index in [4.69, 9.17) is 9.41 Å². The number of nitrogens with zero attached hydrogens (tertiary/aromatic N) is 6. The molecule has 1 aliphatic heterocycles. The molecule has 3 aromatic heterocycles. The second kappa shape index (κ2) is 10.8. The SMILES string of the molecule is C=Cc1ncc(-c2cc(C(F)(F)F)cnc2-c2nnc(NC3N=C(c4ccccc4)c4ccccc4CC3=O)o2)cn1. The number of carbonyl (C=O) groups is 1. The summed E-state index contributed by atoms with van der Waals surface area (Å²) >= 11 is 0. The maximum absolute atomic E-state index is 13.5. The van der Waals surface area contributed by atoms with Crippen molar-refractivity contribution in [2.24, 2.45) is 4.99 Å². The van der Waals surface area contributed by atoms with Crippen LogP contribution >= 0.6 is 0 Å². The van der Waals surface area contributed by atoms with Gasteiger partial charge in [-0.15, -0.1) is 5.10 Å². The summed E-state index contributed by atoms with van der Waals surface area (Å²) in [5.74, 6) is -0.110. The van der Waals surface area contributed by atoms with Crippen LogP contribution in [0.1, 0.15) is 28.1 Å². The van der Waals surface area contributed by atoms with E-state index >= 15 is 0 Å². The zero-order chi connectivity index (χ0) is 29.3. The van der Waals surface area contributed by atoms with Crippen LogP contribution < -0.4 is 5.32 Å². The molecular weight excluding hydrogens is 547 g/mol. The lowest BCUT2D eigenvalue weighted by Gasteiger charge is -2.12. The van der Waals surface area contributed by atoms with Gasteiger partial charge in [0.2, 0.25) is 0 Å². The van der Waals surface area contributed by atoms with Crippen LogP contribution in [-0.4, -0.2) is 42.8 Å². The first kappa shape index (κ1) is 26.7. The fourth-order valence-corrected chi connectivity index (χ4v) is 4.49. The first-order valence-electron chi connectivity index (χ1n) is 12.7. The Labute approximate surface area is 236 Å². The van der Waals surface area contributed by atoms with Crippen molar-refractivity contribution < 1.29 is 22.4 Å². The predicted molar refractivity (Wildman–Crippen MR) is 148 cm³/mol. The van der Waals surface area contributed by atoms with Crippen molar-refractivity contribution in [3.05, 3.63) is 114 Å². The number of alkyl halides is 3. The van der Waals surface area contributed by atoms with Gasteiger partial charge in [-0.25, -0.2) is 15.0 Å². The smallest absolute Gasteiger partial charge is 0.402 e. The molecule has 5 aromatic rings. The summed E-state index contributed by atoms with van der Waals surface area (Å²) in [4.78, 5) is 30.1. The van der Waals surface area contributed by atoms with E-state index < -0.39 is 17.9 Å². The summed E-state index contributed by atoms with van der Waals surface area (Å²) in [5, 5.41) is 10.8. The number of nitrogens with one attached hydrogen (secondary N) is 1. The number of aromatic nitrogens is 5. The number of fused-ring (bicyclic) bond motifs is 1. The van der Waals surface area contributed by atoms with Crippen molar-refractivity contribution in [3.8, 4) is 22.7 Å². The Morgan fingerprint density at radius 3 is 2.38 bits per heavy atom. The summed E-state index contributed by atoms with van der Waals surface area (Å²) in [6, 6.07) is 17.7. The number of hydrogen-bond donors (Lipinski definition) is 1. The number of ketones is 1. The first-order chi connectivity index (χ1) is 20.3. The maximum atomic E-state index is 13.5. The lowest BCUT2D eigenvalue weighted by molar-refractivity contribution is -0.137. The molecule has 208 valence electrons. The molecule has 1 unspecified atom stereocenters. The van der Waals surface area contributed by atoms with Gasteiger partial charge in [0.15, 0.2) is 17.8 Å². The average Bonchev–Trinajstić information content (AvgIpc) is 3.42. The Balaban J connectivity index is 1.37. The Hall–Kier alpha value is -5.52. The molecule has 6 rings (SSSR count). The predicted octanol–water partition coefficient (Wildman–Crippen LogP) is 5.65. The fourth-order valence-electron chi connectivity index (χ4n) is 4.49. The minimum absolute atomic E-state index is 0.0217. The Kier molecular flexibility index (Phi) is 6.87. The highest BCUT2D eigenvalue weighted by Crippen LogP contribution is 2.36. The number of anilines is 1. The van der Waals surface area contributed by atoms with Crippen LogP contribution in [0.15, 0.2) is 95.2 Å². The largest absolute Gasteiger partial charge is 0.417 e. The second-order valence-electron chi connectivity index (χ2n) is 9.26. The molecule has 42 heavy (non-hydrogen) atoms. The van der Waals surface area contributed by atoms with E-state index in [9.17, 15) is 18.0 Å². The van der Waals surface area contributed by atoms with Gasteiger partial charge in [0, 0.05) is 47.3 Å². The number of carbonyl (C=O) groups excluding carboxylic acids is 1. The quantitative estimate of drug-likeness (QED) is 0.280. The molecule has 4 heterocycles. The number of pyridine rings is 1. The summed E-state index contributed by atoms with van der Waals surface area (Å²) < 4.78 is 46.4. The van der Waals surface area contributed by atoms with Crippen molar-refractivity contribution in [2.45, 2.75) is 18.8 Å². The zero-order valence-corrected chi connectivity index (χ0v) is 21.7. The molecule has 1 atom stereocenters. The van der Waals surface area contributed by atoms with Gasteiger partial charge >= 0.3 is 12.2 Å². The molecule has 0 spiro atoms. The third-order valence-electron chi connectivity index (χ3n) is 6.52. The summed E-state index contributed by atoms with van der Waals surface area (Å²) in [7, 11) is 0. The van der Waals surface area contributed by atoms with E-state index in [1.54, 1.807) is 0 Å². The van der Waals surface area contributed by atoms with E-state index in [0.717, 1.165) is 22.8 Å². The number of rotatable bonds is 6. The Bertz CT molecular complexity index is 1820. The summed E-state index contributed by atoms with van der Waals surface area (Å²) in [6.45, 7) is 3.58. The van der Waals surface area contributed by atoms with Crippen LogP contribution in [-0.2, 0) is 17.4 Å². The summed E-state index contributed by atoms with van der Waals surface area (Å²) in [5.41, 5.74) is 2.37. The number of benzene rings is 2. The third kappa shape index (κ3) is 5.29. The minimum atomic E-state index is -4.64. The molecule has 0 saturated heterocycles. The Morgan fingerprint density at radius 1 is 0.905 bits per heavy atom. The summed E-state index contributed by atoms with van der Waals surface area (Å²) in [6.07, 6.45) is -0.818. The lowest BCUT2D eigenvalue weighted by atomic mass is 9.96. The van der Waals surface area contributed by atoms with Gasteiger partial charge in [-0.05, 0) is 17.7 Å². The third-order valence-corrected chi connectivity index (χ3v) is 6.52. The van der Waals surface area contributed by atoms with Gasteiger partial charge in [0.05, 0.1) is 11.3 Å². The van der Waals surface area contributed by atoms with Crippen molar-refractivity contribution in [2.75, 3.05) is 5.32 Å². The van der Waals surface area contributed by atoms with Gasteiger partial charge in [-0.2, -0.15) is 13.2 Å². The van der Waals surface area contributed by atoms with Gasteiger partial charge < -0.3 is 9.73 Å². The zero-order valence-electron chi connectivity index (χ0n) is 21.7. The number of aliphatic imine (C=N–C) groups is 1. The fraction of sp³-hybridized carbons (Fsp3) is 0.100. The highest BCUT2D eigenvalue weighted by molar-refractivity contribution is 6.16. The lowest BCUT2D eigenvalue weighted by Crippen LogP contribution is -2.29. The van der Waals surface area contributed by atoms with E-state index in [1.165, 1.54) is 18.5 Å². The maximum Gasteiger partial charge on any atom is 0.417 e. The van der Waals surface area contributed by atoms with Crippen LogP contribution in [0.3, 0.4) is 0 Å². The molecule has 0 amide bonds. The second-order valence-corrected chi connectivity index (χ2v) is 9.26. The van der Waals surface area contributed by atoms with Crippen LogP contribution in [0.4, 0.5) is 19.2 Å². The molecule has 0 fully saturated rings.